The maximum Gasteiger partial charge on any atom is 0.257 e. The third kappa shape index (κ3) is 3.51. The number of aliphatic hydroxyl groups is 1. The first-order chi connectivity index (χ1) is 12.2. The van der Waals surface area contributed by atoms with E-state index in [4.69, 9.17) is 4.52 Å². The number of rotatable bonds is 5. The number of nitrogens with zero attached hydrogens (tertiary/aromatic N) is 4. The SMILES string of the molecule is Cc1nc(NCc2noc(-c3ccccc3)n2)cc(C2CC(O)C2)n1. The number of nitrogens with one attached hydrogen (secondary N) is 1. The van der Waals surface area contributed by atoms with E-state index in [1.165, 1.54) is 0 Å². The van der Waals surface area contributed by atoms with Gasteiger partial charge >= 0.3 is 0 Å². The summed E-state index contributed by atoms with van der Waals surface area (Å²) in [5.74, 6) is 2.82. The van der Waals surface area contributed by atoms with E-state index in [1.54, 1.807) is 0 Å². The fourth-order valence-corrected chi connectivity index (χ4v) is 2.91. The second-order valence-corrected chi connectivity index (χ2v) is 6.28. The lowest BCUT2D eigenvalue weighted by atomic mass is 9.80. The fourth-order valence-electron chi connectivity index (χ4n) is 2.91. The molecule has 7 nitrogen and oxygen atoms in total. The van der Waals surface area contributed by atoms with Crippen molar-refractivity contribution in [2.45, 2.75) is 38.3 Å². The third-order valence-electron chi connectivity index (χ3n) is 4.31. The van der Waals surface area contributed by atoms with Gasteiger partial charge in [-0.05, 0) is 31.9 Å². The van der Waals surface area contributed by atoms with Crippen LogP contribution in [0.25, 0.3) is 11.5 Å². The molecule has 7 heteroatoms. The minimum atomic E-state index is -0.201. The number of aromatic nitrogens is 4. The lowest BCUT2D eigenvalue weighted by molar-refractivity contribution is 0.0731. The Labute approximate surface area is 145 Å². The summed E-state index contributed by atoms with van der Waals surface area (Å²) in [6.45, 7) is 2.28. The molecule has 25 heavy (non-hydrogen) atoms. The lowest BCUT2D eigenvalue weighted by Gasteiger charge is -2.31. The van der Waals surface area contributed by atoms with Crippen LogP contribution in [0.1, 0.15) is 36.1 Å². The first kappa shape index (κ1) is 15.7. The van der Waals surface area contributed by atoms with E-state index in [2.05, 4.69) is 25.4 Å². The molecular weight excluding hydrogens is 318 g/mol. The molecule has 0 unspecified atom stereocenters. The van der Waals surface area contributed by atoms with E-state index < -0.39 is 0 Å². The molecule has 0 radical (unpaired) electrons. The molecule has 0 spiro atoms. The third-order valence-corrected chi connectivity index (χ3v) is 4.31. The normalized spacial score (nSPS) is 19.4. The van der Waals surface area contributed by atoms with Crippen LogP contribution in [0.2, 0.25) is 0 Å². The highest BCUT2D eigenvalue weighted by Gasteiger charge is 2.30. The van der Waals surface area contributed by atoms with Gasteiger partial charge in [0.25, 0.3) is 5.89 Å². The quantitative estimate of drug-likeness (QED) is 0.738. The minimum Gasteiger partial charge on any atom is -0.393 e. The Morgan fingerprint density at radius 2 is 1.96 bits per heavy atom. The zero-order chi connectivity index (χ0) is 17.2. The van der Waals surface area contributed by atoms with Crippen molar-refractivity contribution in [3.8, 4) is 11.5 Å². The van der Waals surface area contributed by atoms with Gasteiger partial charge in [0.2, 0.25) is 0 Å². The van der Waals surface area contributed by atoms with Crippen molar-refractivity contribution in [3.05, 3.63) is 53.7 Å². The second-order valence-electron chi connectivity index (χ2n) is 6.28. The van der Waals surface area contributed by atoms with Crippen molar-refractivity contribution in [1.82, 2.24) is 20.1 Å². The summed E-state index contributed by atoms with van der Waals surface area (Å²) in [6.07, 6.45) is 1.33. The van der Waals surface area contributed by atoms with Gasteiger partial charge in [0.1, 0.15) is 11.6 Å². The molecule has 2 heterocycles. The van der Waals surface area contributed by atoms with Crippen LogP contribution >= 0.6 is 0 Å². The highest BCUT2D eigenvalue weighted by Crippen LogP contribution is 2.36. The predicted octanol–water partition coefficient (Wildman–Crippen LogP) is 2.69. The molecule has 1 aliphatic carbocycles. The number of hydrogen-bond acceptors (Lipinski definition) is 7. The molecule has 2 aromatic heterocycles. The molecule has 0 saturated heterocycles. The van der Waals surface area contributed by atoms with Gasteiger partial charge in [0.15, 0.2) is 5.82 Å². The Morgan fingerprint density at radius 3 is 2.72 bits per heavy atom. The van der Waals surface area contributed by atoms with E-state index in [9.17, 15) is 5.11 Å². The number of aliphatic hydroxyl groups excluding tert-OH is 1. The number of hydrogen-bond donors (Lipinski definition) is 2. The second kappa shape index (κ2) is 6.60. The predicted molar refractivity (Wildman–Crippen MR) is 91.8 cm³/mol. The highest BCUT2D eigenvalue weighted by atomic mass is 16.5. The van der Waals surface area contributed by atoms with Crippen LogP contribution in [0.5, 0.6) is 0 Å². The Hall–Kier alpha value is -2.80. The first-order valence-electron chi connectivity index (χ1n) is 8.33. The molecule has 0 aliphatic heterocycles. The standard InChI is InChI=1S/C18H19N5O2/c1-11-20-15(13-7-14(24)8-13)9-16(21-11)19-10-17-22-18(25-23-17)12-5-3-2-4-6-12/h2-6,9,13-14,24H,7-8,10H2,1H3,(H,19,20,21). The average Bonchev–Trinajstić information content (AvgIpc) is 3.06. The van der Waals surface area contributed by atoms with Gasteiger partial charge < -0.3 is 14.9 Å². The average molecular weight is 337 g/mol. The molecule has 1 fully saturated rings. The van der Waals surface area contributed by atoms with Crippen LogP contribution in [0.3, 0.4) is 0 Å². The van der Waals surface area contributed by atoms with Crippen LogP contribution in [0, 0.1) is 6.92 Å². The van der Waals surface area contributed by atoms with Crippen LogP contribution in [-0.2, 0) is 6.54 Å². The molecule has 0 atom stereocenters. The van der Waals surface area contributed by atoms with Gasteiger partial charge in [-0.1, -0.05) is 23.4 Å². The monoisotopic (exact) mass is 337 g/mol. The molecular formula is C18H19N5O2. The minimum absolute atomic E-state index is 0.201. The summed E-state index contributed by atoms with van der Waals surface area (Å²) in [5, 5.41) is 16.7. The van der Waals surface area contributed by atoms with E-state index in [1.807, 2.05) is 43.3 Å². The summed E-state index contributed by atoms with van der Waals surface area (Å²) >= 11 is 0. The molecule has 2 N–H and O–H groups in total. The number of benzene rings is 1. The van der Waals surface area contributed by atoms with Crippen molar-refractivity contribution in [3.63, 3.8) is 0 Å². The van der Waals surface area contributed by atoms with Gasteiger partial charge in [-0.3, -0.25) is 0 Å². The zero-order valence-electron chi connectivity index (χ0n) is 13.9. The van der Waals surface area contributed by atoms with Gasteiger partial charge in [0.05, 0.1) is 12.6 Å². The number of aryl methyl sites for hydroxylation is 1. The van der Waals surface area contributed by atoms with E-state index in [-0.39, 0.29) is 6.10 Å². The summed E-state index contributed by atoms with van der Waals surface area (Å²) in [4.78, 5) is 13.3. The molecule has 3 aromatic rings. The summed E-state index contributed by atoms with van der Waals surface area (Å²) in [6, 6.07) is 11.6. The largest absolute Gasteiger partial charge is 0.393 e. The van der Waals surface area contributed by atoms with E-state index >= 15 is 0 Å². The Balaban J connectivity index is 1.44. The molecule has 0 bridgehead atoms. The zero-order valence-corrected chi connectivity index (χ0v) is 13.9. The summed E-state index contributed by atoms with van der Waals surface area (Å²) in [5.41, 5.74) is 1.86. The number of anilines is 1. The van der Waals surface area contributed by atoms with E-state index in [0.29, 0.717) is 30.0 Å². The Bertz CT molecular complexity index is 859. The molecule has 1 saturated carbocycles. The summed E-state index contributed by atoms with van der Waals surface area (Å²) < 4.78 is 5.30. The van der Waals surface area contributed by atoms with Crippen LogP contribution in [-0.4, -0.2) is 31.3 Å². The van der Waals surface area contributed by atoms with Gasteiger partial charge in [0, 0.05) is 23.2 Å². The van der Waals surface area contributed by atoms with Gasteiger partial charge in [-0.15, -0.1) is 0 Å². The fraction of sp³-hybridized carbons (Fsp3) is 0.333. The van der Waals surface area contributed by atoms with Crippen LogP contribution in [0.15, 0.2) is 40.9 Å². The van der Waals surface area contributed by atoms with Crippen molar-refractivity contribution in [2.75, 3.05) is 5.32 Å². The Morgan fingerprint density at radius 1 is 1.16 bits per heavy atom. The van der Waals surface area contributed by atoms with Crippen molar-refractivity contribution < 1.29 is 9.63 Å². The van der Waals surface area contributed by atoms with Crippen molar-refractivity contribution in [1.29, 1.82) is 0 Å². The van der Waals surface area contributed by atoms with Crippen molar-refractivity contribution >= 4 is 5.82 Å². The molecule has 4 rings (SSSR count). The summed E-state index contributed by atoms with van der Waals surface area (Å²) in [7, 11) is 0. The highest BCUT2D eigenvalue weighted by molar-refractivity contribution is 5.52. The smallest absolute Gasteiger partial charge is 0.257 e. The van der Waals surface area contributed by atoms with Gasteiger partial charge in [-0.2, -0.15) is 4.98 Å². The first-order valence-corrected chi connectivity index (χ1v) is 8.33. The van der Waals surface area contributed by atoms with Crippen molar-refractivity contribution in [2.24, 2.45) is 0 Å². The molecule has 1 aromatic carbocycles. The topological polar surface area (TPSA) is 97.0 Å². The van der Waals surface area contributed by atoms with Gasteiger partial charge in [-0.25, -0.2) is 9.97 Å². The lowest BCUT2D eigenvalue weighted by Crippen LogP contribution is -2.27. The maximum atomic E-state index is 9.48. The molecule has 0 amide bonds. The van der Waals surface area contributed by atoms with Crippen LogP contribution in [0.4, 0.5) is 5.82 Å². The molecule has 128 valence electrons. The van der Waals surface area contributed by atoms with E-state index in [0.717, 1.165) is 29.9 Å². The van der Waals surface area contributed by atoms with Crippen LogP contribution < -0.4 is 5.32 Å². The molecule has 1 aliphatic rings. The maximum absolute atomic E-state index is 9.48. The Kier molecular flexibility index (Phi) is 4.15.